The van der Waals surface area contributed by atoms with Gasteiger partial charge in [-0.2, -0.15) is 0 Å². The van der Waals surface area contributed by atoms with E-state index in [2.05, 4.69) is 55.6 Å². The highest BCUT2D eigenvalue weighted by Crippen LogP contribution is 2.30. The van der Waals surface area contributed by atoms with Gasteiger partial charge in [-0.05, 0) is 64.2 Å². The van der Waals surface area contributed by atoms with Gasteiger partial charge >= 0.3 is 0 Å². The fraction of sp³-hybridized carbons (Fsp3) is 0.864. The Bertz CT molecular complexity index is 1530. The fourth-order valence-electron chi connectivity index (χ4n) is 10.7. The van der Waals surface area contributed by atoms with Gasteiger partial charge < -0.3 is 65.1 Å². The quantitative estimate of drug-likeness (QED) is 0.0204. The van der Waals surface area contributed by atoms with E-state index in [0.29, 0.717) is 12.8 Å². The van der Waals surface area contributed by atoms with E-state index >= 15 is 0 Å². The minimum atomic E-state index is -1.79. The Morgan fingerprint density at radius 3 is 1.30 bits per heavy atom. The number of unbranched alkanes of at least 4 members (excludes halogenated alkanes) is 34. The van der Waals surface area contributed by atoms with Gasteiger partial charge in [0.25, 0.3) is 0 Å². The Hall–Kier alpha value is -2.05. The van der Waals surface area contributed by atoms with Gasteiger partial charge in [-0.25, -0.2) is 0 Å². The van der Waals surface area contributed by atoms with E-state index < -0.39 is 86.8 Å². The molecule has 0 aromatic carbocycles. The molecular weight excluding hydrogens is 1010 g/mol. The second kappa shape index (κ2) is 51.4. The summed E-state index contributed by atoms with van der Waals surface area (Å²) in [5, 5.41) is 87.0. The minimum absolute atomic E-state index is 0.247. The number of allylic oxidation sites excluding steroid dienone is 7. The second-order valence-electron chi connectivity index (χ2n) is 23.2. The highest BCUT2D eigenvalue weighted by atomic mass is 16.7. The molecule has 0 aliphatic carbocycles. The molecule has 14 heteroatoms. The van der Waals surface area contributed by atoms with Crippen LogP contribution in [0.5, 0.6) is 0 Å². The number of carbonyl (C=O) groups excluding carboxylic acids is 1. The molecule has 2 rings (SSSR count). The third-order valence-electron chi connectivity index (χ3n) is 16.0. The summed E-state index contributed by atoms with van der Waals surface area (Å²) in [6.45, 7) is 2.75. The Labute approximate surface area is 486 Å². The second-order valence-corrected chi connectivity index (χ2v) is 23.2. The first-order chi connectivity index (χ1) is 39.1. The topological polar surface area (TPSA) is 228 Å². The van der Waals surface area contributed by atoms with Gasteiger partial charge in [0.2, 0.25) is 5.91 Å². The van der Waals surface area contributed by atoms with Gasteiger partial charge in [-0.15, -0.1) is 0 Å². The van der Waals surface area contributed by atoms with Crippen molar-refractivity contribution < 1.29 is 64.6 Å². The molecule has 1 amide bonds. The molecule has 2 aliphatic heterocycles. The van der Waals surface area contributed by atoms with Gasteiger partial charge in [0, 0.05) is 6.42 Å². The van der Waals surface area contributed by atoms with E-state index in [1.54, 1.807) is 6.08 Å². The highest BCUT2D eigenvalue weighted by molar-refractivity contribution is 5.76. The number of ether oxygens (including phenoxy) is 4. The van der Waals surface area contributed by atoms with E-state index in [9.17, 15) is 45.6 Å². The molecule has 0 aromatic rings. The highest BCUT2D eigenvalue weighted by Gasteiger charge is 2.51. The van der Waals surface area contributed by atoms with Gasteiger partial charge in [-0.1, -0.05) is 249 Å². The molecule has 0 saturated carbocycles. The summed E-state index contributed by atoms with van der Waals surface area (Å²) in [5.41, 5.74) is 0. The molecule has 0 bridgehead atoms. The van der Waals surface area contributed by atoms with E-state index in [1.807, 2.05) is 6.08 Å². The molecule has 14 nitrogen and oxygen atoms in total. The fourth-order valence-corrected chi connectivity index (χ4v) is 10.7. The van der Waals surface area contributed by atoms with Gasteiger partial charge in [0.15, 0.2) is 12.6 Å². The smallest absolute Gasteiger partial charge is 0.220 e. The SMILES string of the molecule is CCCCCCC/C=C\C/C=C\CCCCCCCCCCCCCCCCCCCCCCCCCC(=O)NC(COC1OC(CO)C(OC2OC(CO)C(O)C(O)C2O)C(O)C1O)C(O)/C=C/CC/C=C/CCCCCCC. The Morgan fingerprint density at radius 1 is 0.450 bits per heavy atom. The summed E-state index contributed by atoms with van der Waals surface area (Å²) in [6, 6.07) is -0.929. The summed E-state index contributed by atoms with van der Waals surface area (Å²) >= 11 is 0. The zero-order chi connectivity index (χ0) is 58.1. The molecule has 2 saturated heterocycles. The number of nitrogens with one attached hydrogen (secondary N) is 1. The summed E-state index contributed by atoms with van der Waals surface area (Å²) < 4.78 is 22.7. The summed E-state index contributed by atoms with van der Waals surface area (Å²) in [4.78, 5) is 13.2. The lowest BCUT2D eigenvalue weighted by molar-refractivity contribution is -0.359. The predicted molar refractivity (Wildman–Crippen MR) is 323 cm³/mol. The van der Waals surface area contributed by atoms with Crippen LogP contribution in [0.25, 0.3) is 0 Å². The predicted octanol–water partition coefficient (Wildman–Crippen LogP) is 12.3. The van der Waals surface area contributed by atoms with Crippen LogP contribution in [-0.4, -0.2) is 140 Å². The van der Waals surface area contributed by atoms with Crippen LogP contribution in [0.3, 0.4) is 0 Å². The molecule has 2 fully saturated rings. The van der Waals surface area contributed by atoms with E-state index in [-0.39, 0.29) is 18.9 Å². The van der Waals surface area contributed by atoms with Crippen molar-refractivity contribution in [3.63, 3.8) is 0 Å². The third-order valence-corrected chi connectivity index (χ3v) is 16.0. The van der Waals surface area contributed by atoms with Crippen molar-refractivity contribution in [2.45, 2.75) is 344 Å². The van der Waals surface area contributed by atoms with Crippen molar-refractivity contribution in [3.8, 4) is 0 Å². The minimum Gasteiger partial charge on any atom is -0.394 e. The van der Waals surface area contributed by atoms with Crippen LogP contribution in [0, 0.1) is 0 Å². The van der Waals surface area contributed by atoms with Crippen LogP contribution in [0.1, 0.15) is 271 Å². The molecule has 0 radical (unpaired) electrons. The number of aliphatic hydroxyl groups is 8. The van der Waals surface area contributed by atoms with Crippen LogP contribution in [0.15, 0.2) is 48.6 Å². The summed E-state index contributed by atoms with van der Waals surface area (Å²) in [5.74, 6) is -0.247. The van der Waals surface area contributed by atoms with Crippen LogP contribution in [-0.2, 0) is 23.7 Å². The maximum absolute atomic E-state index is 13.2. The lowest BCUT2D eigenvalue weighted by atomic mass is 9.97. The van der Waals surface area contributed by atoms with Gasteiger partial charge in [0.1, 0.15) is 48.8 Å². The molecule has 12 unspecified atom stereocenters. The van der Waals surface area contributed by atoms with Crippen LogP contribution in [0.2, 0.25) is 0 Å². The maximum atomic E-state index is 13.2. The first-order valence-corrected chi connectivity index (χ1v) is 32.9. The van der Waals surface area contributed by atoms with E-state index in [4.69, 9.17) is 18.9 Å². The molecule has 12 atom stereocenters. The Kier molecular flexibility index (Phi) is 47.6. The first-order valence-electron chi connectivity index (χ1n) is 32.9. The van der Waals surface area contributed by atoms with Gasteiger partial charge in [-0.3, -0.25) is 4.79 Å². The zero-order valence-corrected chi connectivity index (χ0v) is 50.6. The molecule has 9 N–H and O–H groups in total. The van der Waals surface area contributed by atoms with E-state index in [0.717, 1.165) is 38.5 Å². The first kappa shape index (κ1) is 74.1. The normalized spacial score (nSPS) is 24.5. The molecule has 2 aliphatic rings. The largest absolute Gasteiger partial charge is 0.394 e. The number of hydrogen-bond acceptors (Lipinski definition) is 13. The van der Waals surface area contributed by atoms with Gasteiger partial charge in [0.05, 0.1) is 32.0 Å². The summed E-state index contributed by atoms with van der Waals surface area (Å²) in [6.07, 6.45) is 49.2. The standard InChI is InChI=1S/C66H121NO13/c1-3-5-7-9-11-13-15-16-17-18-19-20-21-22-23-24-25-26-27-28-29-30-31-32-33-34-35-36-37-38-40-42-44-46-48-50-58(71)67-54(55(70)49-47-45-43-41-39-14-12-10-8-6-4-2)53-77-65-63(76)61(74)64(57(52-69)79-65)80-66-62(75)60(73)59(72)56(51-68)78-66/h15-16,18-19,39,41,47,49,54-57,59-66,68-70,72-76H,3-14,17,20-38,40,42-46,48,50-53H2,1-2H3,(H,67,71)/b16-15-,19-18-,41-39+,49-47+. The van der Waals surface area contributed by atoms with Crippen LogP contribution < -0.4 is 5.32 Å². The van der Waals surface area contributed by atoms with Crippen LogP contribution in [0.4, 0.5) is 0 Å². The Morgan fingerprint density at radius 2 is 0.838 bits per heavy atom. The number of amides is 1. The molecule has 468 valence electrons. The average molecular weight is 1140 g/mol. The molecule has 0 aromatic heterocycles. The van der Waals surface area contributed by atoms with Crippen LogP contribution >= 0.6 is 0 Å². The molecule has 2 heterocycles. The summed E-state index contributed by atoms with van der Waals surface area (Å²) in [7, 11) is 0. The van der Waals surface area contributed by atoms with Crippen molar-refractivity contribution in [2.24, 2.45) is 0 Å². The lowest BCUT2D eigenvalue weighted by Crippen LogP contribution is -2.65. The molecular formula is C66H121NO13. The Balaban J connectivity index is 1.58. The van der Waals surface area contributed by atoms with E-state index in [1.165, 1.54) is 199 Å². The monoisotopic (exact) mass is 1140 g/mol. The number of hydrogen-bond donors (Lipinski definition) is 9. The number of rotatable bonds is 53. The number of carbonyl (C=O) groups is 1. The third kappa shape index (κ3) is 35.9. The molecule has 80 heavy (non-hydrogen) atoms. The average Bonchev–Trinajstić information content (AvgIpc) is 3.46. The lowest BCUT2D eigenvalue weighted by Gasteiger charge is -2.46. The van der Waals surface area contributed by atoms with Crippen molar-refractivity contribution >= 4 is 5.91 Å². The maximum Gasteiger partial charge on any atom is 0.220 e. The number of aliphatic hydroxyl groups excluding tert-OH is 8. The van der Waals surface area contributed by atoms with Crippen molar-refractivity contribution in [2.75, 3.05) is 19.8 Å². The van der Waals surface area contributed by atoms with Crippen molar-refractivity contribution in [1.29, 1.82) is 0 Å². The molecule has 0 spiro atoms. The van der Waals surface area contributed by atoms with Crippen molar-refractivity contribution in [1.82, 2.24) is 5.32 Å². The van der Waals surface area contributed by atoms with Crippen molar-refractivity contribution in [3.05, 3.63) is 48.6 Å². The zero-order valence-electron chi connectivity index (χ0n) is 50.6.